The van der Waals surface area contributed by atoms with Crippen molar-refractivity contribution in [3.63, 3.8) is 0 Å². The van der Waals surface area contributed by atoms with E-state index in [2.05, 4.69) is 16.7 Å². The number of likely N-dealkylation sites (tertiary alicyclic amines) is 1. The summed E-state index contributed by atoms with van der Waals surface area (Å²) in [6.07, 6.45) is 3.52. The Labute approximate surface area is 172 Å². The molecule has 2 aliphatic heterocycles. The van der Waals surface area contributed by atoms with Crippen LogP contribution >= 0.6 is 0 Å². The lowest BCUT2D eigenvalue weighted by Gasteiger charge is -2.26. The van der Waals surface area contributed by atoms with Crippen LogP contribution in [0.3, 0.4) is 0 Å². The van der Waals surface area contributed by atoms with Gasteiger partial charge in [-0.15, -0.1) is 0 Å². The number of nitrogens with zero attached hydrogens (tertiary/aromatic N) is 2. The summed E-state index contributed by atoms with van der Waals surface area (Å²) < 4.78 is 0. The van der Waals surface area contributed by atoms with Crippen molar-refractivity contribution in [1.29, 1.82) is 0 Å². The molecule has 2 aliphatic rings. The Morgan fingerprint density at radius 3 is 2.72 bits per heavy atom. The monoisotopic (exact) mass is 400 g/mol. The molecule has 29 heavy (non-hydrogen) atoms. The molecule has 158 valence electrons. The summed E-state index contributed by atoms with van der Waals surface area (Å²) >= 11 is 0. The number of hydrogen-bond donors (Lipinski definition) is 2. The quantitative estimate of drug-likeness (QED) is 0.764. The number of benzene rings is 1. The molecule has 0 spiro atoms. The summed E-state index contributed by atoms with van der Waals surface area (Å²) in [6, 6.07) is 5.66. The highest BCUT2D eigenvalue weighted by atomic mass is 16.2. The SMILES string of the molecule is CCN1Cc2cc(CCC(=O)N[C@@H](C)C(=O)N3CCCC3)ccc2NCCC1=O. The second-order valence-corrected chi connectivity index (χ2v) is 7.90. The Morgan fingerprint density at radius 1 is 1.24 bits per heavy atom. The van der Waals surface area contributed by atoms with Crippen molar-refractivity contribution in [2.75, 3.05) is 31.5 Å². The first-order valence-corrected chi connectivity index (χ1v) is 10.7. The maximum Gasteiger partial charge on any atom is 0.244 e. The van der Waals surface area contributed by atoms with Crippen LogP contribution < -0.4 is 10.6 Å². The van der Waals surface area contributed by atoms with Crippen LogP contribution in [0, 0.1) is 0 Å². The highest BCUT2D eigenvalue weighted by molar-refractivity contribution is 5.87. The van der Waals surface area contributed by atoms with Crippen molar-refractivity contribution in [3.8, 4) is 0 Å². The molecule has 0 unspecified atom stereocenters. The first-order valence-electron chi connectivity index (χ1n) is 10.7. The molecule has 0 saturated carbocycles. The molecule has 1 saturated heterocycles. The van der Waals surface area contributed by atoms with E-state index in [1.54, 1.807) is 6.92 Å². The number of hydrogen-bond acceptors (Lipinski definition) is 4. The average Bonchev–Trinajstić information content (AvgIpc) is 3.24. The maximum atomic E-state index is 12.3. The van der Waals surface area contributed by atoms with E-state index in [4.69, 9.17) is 0 Å². The smallest absolute Gasteiger partial charge is 0.244 e. The van der Waals surface area contributed by atoms with E-state index in [0.717, 1.165) is 42.7 Å². The summed E-state index contributed by atoms with van der Waals surface area (Å²) in [7, 11) is 0. The van der Waals surface area contributed by atoms with Crippen LogP contribution in [0.15, 0.2) is 18.2 Å². The zero-order chi connectivity index (χ0) is 20.8. The van der Waals surface area contributed by atoms with Gasteiger partial charge in [0.2, 0.25) is 17.7 Å². The molecule has 0 aromatic heterocycles. The molecular weight excluding hydrogens is 368 g/mol. The van der Waals surface area contributed by atoms with E-state index in [9.17, 15) is 14.4 Å². The van der Waals surface area contributed by atoms with E-state index in [1.165, 1.54) is 0 Å². The first kappa shape index (κ1) is 21.1. The van der Waals surface area contributed by atoms with Gasteiger partial charge in [0.25, 0.3) is 0 Å². The number of fused-ring (bicyclic) bond motifs is 1. The van der Waals surface area contributed by atoms with E-state index in [-0.39, 0.29) is 17.7 Å². The summed E-state index contributed by atoms with van der Waals surface area (Å²) in [5, 5.41) is 6.16. The fourth-order valence-electron chi connectivity index (χ4n) is 3.99. The predicted octanol–water partition coefficient (Wildman–Crippen LogP) is 1.91. The van der Waals surface area contributed by atoms with Gasteiger partial charge in [0, 0.05) is 51.3 Å². The lowest BCUT2D eigenvalue weighted by molar-refractivity contribution is -0.135. The standard InChI is InChI=1S/C22H32N4O3/c1-3-25-15-18-14-17(6-8-19(18)23-11-10-21(25)28)7-9-20(27)24-16(2)22(29)26-12-4-5-13-26/h6,8,14,16,23H,3-5,7,9-13,15H2,1-2H3,(H,24,27)/t16-/m0/s1. The third-order valence-corrected chi connectivity index (χ3v) is 5.73. The molecule has 1 aromatic carbocycles. The maximum absolute atomic E-state index is 12.3. The average molecular weight is 401 g/mol. The normalized spacial score (nSPS) is 17.8. The molecule has 7 heteroatoms. The molecule has 1 atom stereocenters. The van der Waals surface area contributed by atoms with Gasteiger partial charge >= 0.3 is 0 Å². The Morgan fingerprint density at radius 2 is 2.00 bits per heavy atom. The minimum atomic E-state index is -0.482. The Balaban J connectivity index is 1.55. The number of nitrogens with one attached hydrogen (secondary N) is 2. The highest BCUT2D eigenvalue weighted by Crippen LogP contribution is 2.22. The van der Waals surface area contributed by atoms with Crippen LogP contribution in [0.25, 0.3) is 0 Å². The largest absolute Gasteiger partial charge is 0.384 e. The van der Waals surface area contributed by atoms with Crippen LogP contribution in [0.4, 0.5) is 5.69 Å². The molecule has 7 nitrogen and oxygen atoms in total. The van der Waals surface area contributed by atoms with Crippen molar-refractivity contribution >= 4 is 23.4 Å². The summed E-state index contributed by atoms with van der Waals surface area (Å²) in [6.45, 7) is 7.23. The molecule has 0 aliphatic carbocycles. The number of carbonyl (C=O) groups excluding carboxylic acids is 3. The lowest BCUT2D eigenvalue weighted by Crippen LogP contribution is -2.46. The number of carbonyl (C=O) groups is 3. The van der Waals surface area contributed by atoms with Crippen molar-refractivity contribution in [2.45, 2.75) is 58.5 Å². The van der Waals surface area contributed by atoms with Gasteiger partial charge in [0.1, 0.15) is 6.04 Å². The van der Waals surface area contributed by atoms with E-state index >= 15 is 0 Å². The van der Waals surface area contributed by atoms with Gasteiger partial charge in [-0.05, 0) is 50.3 Å². The van der Waals surface area contributed by atoms with Crippen LogP contribution in [0.1, 0.15) is 50.7 Å². The van der Waals surface area contributed by atoms with Gasteiger partial charge in [0.05, 0.1) is 0 Å². The van der Waals surface area contributed by atoms with E-state index < -0.39 is 6.04 Å². The minimum absolute atomic E-state index is 0.00680. The molecule has 1 aromatic rings. The van der Waals surface area contributed by atoms with E-state index in [1.807, 2.05) is 28.9 Å². The van der Waals surface area contributed by atoms with Gasteiger partial charge in [-0.2, -0.15) is 0 Å². The Hall–Kier alpha value is -2.57. The van der Waals surface area contributed by atoms with E-state index in [0.29, 0.717) is 38.9 Å². The minimum Gasteiger partial charge on any atom is -0.384 e. The zero-order valence-electron chi connectivity index (χ0n) is 17.5. The summed E-state index contributed by atoms with van der Waals surface area (Å²) in [4.78, 5) is 40.5. The summed E-state index contributed by atoms with van der Waals surface area (Å²) in [5.41, 5.74) is 3.19. The molecule has 0 radical (unpaired) electrons. The molecule has 3 rings (SSSR count). The lowest BCUT2D eigenvalue weighted by atomic mass is 10.0. The summed E-state index contributed by atoms with van der Waals surface area (Å²) in [5.74, 6) is 0.0553. The van der Waals surface area contributed by atoms with Crippen LogP contribution in [0.2, 0.25) is 0 Å². The van der Waals surface area contributed by atoms with Gasteiger partial charge in [-0.1, -0.05) is 12.1 Å². The second-order valence-electron chi connectivity index (χ2n) is 7.90. The van der Waals surface area contributed by atoms with Gasteiger partial charge in [-0.25, -0.2) is 0 Å². The first-order chi connectivity index (χ1) is 14.0. The van der Waals surface area contributed by atoms with Crippen molar-refractivity contribution < 1.29 is 14.4 Å². The zero-order valence-corrected chi connectivity index (χ0v) is 17.5. The van der Waals surface area contributed by atoms with Gasteiger partial charge in [0.15, 0.2) is 0 Å². The predicted molar refractivity (Wildman–Crippen MR) is 112 cm³/mol. The Kier molecular flexibility index (Phi) is 7.12. The Bertz CT molecular complexity index is 758. The third kappa shape index (κ3) is 5.49. The number of rotatable bonds is 6. The molecule has 2 heterocycles. The number of aryl methyl sites for hydroxylation is 1. The second kappa shape index (κ2) is 9.76. The molecule has 0 bridgehead atoms. The van der Waals surface area contributed by atoms with Crippen LogP contribution in [-0.4, -0.2) is 59.7 Å². The van der Waals surface area contributed by atoms with Gasteiger partial charge in [-0.3, -0.25) is 14.4 Å². The fourth-order valence-corrected chi connectivity index (χ4v) is 3.99. The highest BCUT2D eigenvalue weighted by Gasteiger charge is 2.24. The van der Waals surface area contributed by atoms with Crippen LogP contribution in [0.5, 0.6) is 0 Å². The molecular formula is C22H32N4O3. The van der Waals surface area contributed by atoms with Crippen molar-refractivity contribution in [2.24, 2.45) is 0 Å². The molecule has 3 amide bonds. The van der Waals surface area contributed by atoms with Gasteiger partial charge < -0.3 is 20.4 Å². The third-order valence-electron chi connectivity index (χ3n) is 5.73. The molecule has 1 fully saturated rings. The topological polar surface area (TPSA) is 81.8 Å². The van der Waals surface area contributed by atoms with Crippen LogP contribution in [-0.2, 0) is 27.3 Å². The molecule has 2 N–H and O–H groups in total. The number of anilines is 1. The van der Waals surface area contributed by atoms with Crippen molar-refractivity contribution in [1.82, 2.24) is 15.1 Å². The fraction of sp³-hybridized carbons (Fsp3) is 0.591. The van der Waals surface area contributed by atoms with Crippen molar-refractivity contribution in [3.05, 3.63) is 29.3 Å². The number of amides is 3.